The standard InChI is InChI=1S/C13H20BrNO2/c1-2-10(14)9-15-11(16)8-13(12(15)17)6-4-3-5-7-13/h10H,2-9H2,1H3. The van der Waals surface area contributed by atoms with Crippen LogP contribution >= 0.6 is 15.9 Å². The monoisotopic (exact) mass is 301 g/mol. The Kier molecular flexibility index (Phi) is 3.91. The van der Waals surface area contributed by atoms with Crippen molar-refractivity contribution in [2.45, 2.75) is 56.7 Å². The molecular formula is C13H20BrNO2. The van der Waals surface area contributed by atoms with Gasteiger partial charge in [-0.1, -0.05) is 42.1 Å². The van der Waals surface area contributed by atoms with E-state index in [-0.39, 0.29) is 22.1 Å². The van der Waals surface area contributed by atoms with Gasteiger partial charge in [0.05, 0.1) is 5.41 Å². The van der Waals surface area contributed by atoms with Crippen LogP contribution in [0.3, 0.4) is 0 Å². The summed E-state index contributed by atoms with van der Waals surface area (Å²) >= 11 is 3.51. The summed E-state index contributed by atoms with van der Waals surface area (Å²) in [6.45, 7) is 2.59. The normalized spacial score (nSPS) is 25.6. The van der Waals surface area contributed by atoms with Crippen LogP contribution in [0.25, 0.3) is 0 Å². The minimum Gasteiger partial charge on any atom is -0.281 e. The van der Waals surface area contributed by atoms with Crippen LogP contribution in [-0.4, -0.2) is 28.1 Å². The number of hydrogen-bond acceptors (Lipinski definition) is 2. The molecular weight excluding hydrogens is 282 g/mol. The maximum absolute atomic E-state index is 12.4. The third kappa shape index (κ3) is 2.42. The predicted molar refractivity (Wildman–Crippen MR) is 69.9 cm³/mol. The minimum atomic E-state index is -0.324. The number of alkyl halides is 1. The largest absolute Gasteiger partial charge is 0.281 e. The van der Waals surface area contributed by atoms with Gasteiger partial charge in [-0.2, -0.15) is 0 Å². The zero-order valence-electron chi connectivity index (χ0n) is 10.4. The fourth-order valence-electron chi connectivity index (χ4n) is 2.99. The summed E-state index contributed by atoms with van der Waals surface area (Å²) < 4.78 is 0. The molecule has 1 unspecified atom stereocenters. The van der Waals surface area contributed by atoms with Gasteiger partial charge in [0, 0.05) is 17.8 Å². The molecule has 1 heterocycles. The first-order valence-electron chi connectivity index (χ1n) is 6.58. The van der Waals surface area contributed by atoms with E-state index < -0.39 is 0 Å². The van der Waals surface area contributed by atoms with E-state index in [0.29, 0.717) is 13.0 Å². The maximum Gasteiger partial charge on any atom is 0.235 e. The molecule has 1 saturated heterocycles. The van der Waals surface area contributed by atoms with Crippen LogP contribution in [0.2, 0.25) is 0 Å². The number of carbonyl (C=O) groups excluding carboxylic acids is 2. The van der Waals surface area contributed by atoms with E-state index in [0.717, 1.165) is 32.1 Å². The molecule has 4 heteroatoms. The summed E-state index contributed by atoms with van der Waals surface area (Å²) in [7, 11) is 0. The van der Waals surface area contributed by atoms with Gasteiger partial charge in [-0.05, 0) is 19.3 Å². The number of nitrogens with zero attached hydrogens (tertiary/aromatic N) is 1. The zero-order chi connectivity index (χ0) is 12.5. The molecule has 0 radical (unpaired) electrons. The summed E-state index contributed by atoms with van der Waals surface area (Å²) in [5.74, 6) is 0.134. The van der Waals surface area contributed by atoms with Crippen molar-refractivity contribution in [1.82, 2.24) is 4.90 Å². The van der Waals surface area contributed by atoms with E-state index in [4.69, 9.17) is 0 Å². The molecule has 0 aromatic rings. The van der Waals surface area contributed by atoms with Crippen molar-refractivity contribution < 1.29 is 9.59 Å². The molecule has 0 aromatic carbocycles. The second kappa shape index (κ2) is 5.09. The fraction of sp³-hybridized carbons (Fsp3) is 0.846. The highest BCUT2D eigenvalue weighted by Crippen LogP contribution is 2.45. The maximum atomic E-state index is 12.4. The van der Waals surface area contributed by atoms with Gasteiger partial charge in [-0.3, -0.25) is 14.5 Å². The van der Waals surface area contributed by atoms with Gasteiger partial charge in [-0.15, -0.1) is 0 Å². The fourth-order valence-corrected chi connectivity index (χ4v) is 3.28. The van der Waals surface area contributed by atoms with Gasteiger partial charge in [0.25, 0.3) is 0 Å². The van der Waals surface area contributed by atoms with Gasteiger partial charge in [0.15, 0.2) is 0 Å². The molecule has 1 aliphatic heterocycles. The van der Waals surface area contributed by atoms with Crippen LogP contribution in [0.15, 0.2) is 0 Å². The second-order valence-electron chi connectivity index (χ2n) is 5.33. The molecule has 2 amide bonds. The van der Waals surface area contributed by atoms with Crippen LogP contribution in [-0.2, 0) is 9.59 Å². The van der Waals surface area contributed by atoms with Crippen LogP contribution in [0.1, 0.15) is 51.9 Å². The van der Waals surface area contributed by atoms with Crippen LogP contribution in [0, 0.1) is 5.41 Å². The Balaban J connectivity index is 2.10. The highest BCUT2D eigenvalue weighted by molar-refractivity contribution is 9.09. The predicted octanol–water partition coefficient (Wildman–Crippen LogP) is 2.87. The van der Waals surface area contributed by atoms with Crippen LogP contribution < -0.4 is 0 Å². The SMILES string of the molecule is CCC(Br)CN1C(=O)CC2(CCCCC2)C1=O. The second-order valence-corrected chi connectivity index (χ2v) is 6.63. The van der Waals surface area contributed by atoms with E-state index in [1.54, 1.807) is 0 Å². The van der Waals surface area contributed by atoms with Gasteiger partial charge in [-0.25, -0.2) is 0 Å². The number of hydrogen-bond donors (Lipinski definition) is 0. The Hall–Kier alpha value is -0.380. The van der Waals surface area contributed by atoms with Crippen molar-refractivity contribution in [3.05, 3.63) is 0 Å². The first-order valence-corrected chi connectivity index (χ1v) is 7.49. The molecule has 2 aliphatic rings. The number of amides is 2. The number of halogens is 1. The lowest BCUT2D eigenvalue weighted by molar-refractivity contribution is -0.142. The summed E-state index contributed by atoms with van der Waals surface area (Å²) in [6.07, 6.45) is 6.61. The molecule has 2 rings (SSSR count). The molecule has 3 nitrogen and oxygen atoms in total. The quantitative estimate of drug-likeness (QED) is 0.594. The van der Waals surface area contributed by atoms with Crippen molar-refractivity contribution in [2.75, 3.05) is 6.54 Å². The van der Waals surface area contributed by atoms with Gasteiger partial charge in [0.2, 0.25) is 11.8 Å². The molecule has 0 N–H and O–H groups in total. The topological polar surface area (TPSA) is 37.4 Å². The van der Waals surface area contributed by atoms with E-state index in [2.05, 4.69) is 22.9 Å². The van der Waals surface area contributed by atoms with Crippen LogP contribution in [0.5, 0.6) is 0 Å². The first kappa shape index (κ1) is 13.1. The number of likely N-dealkylation sites (tertiary alicyclic amines) is 1. The number of imide groups is 1. The third-order valence-electron chi connectivity index (χ3n) is 4.12. The highest BCUT2D eigenvalue weighted by Gasteiger charge is 2.51. The van der Waals surface area contributed by atoms with Gasteiger partial charge in [0.1, 0.15) is 0 Å². The third-order valence-corrected chi connectivity index (χ3v) is 5.06. The summed E-state index contributed by atoms with van der Waals surface area (Å²) in [4.78, 5) is 26.1. The van der Waals surface area contributed by atoms with E-state index >= 15 is 0 Å². The average molecular weight is 302 g/mol. The average Bonchev–Trinajstić information content (AvgIpc) is 2.55. The minimum absolute atomic E-state index is 0.0369. The van der Waals surface area contributed by atoms with E-state index in [1.807, 2.05) is 0 Å². The molecule has 1 saturated carbocycles. The van der Waals surface area contributed by atoms with Gasteiger partial charge < -0.3 is 0 Å². The molecule has 2 fully saturated rings. The lowest BCUT2D eigenvalue weighted by Crippen LogP contribution is -2.39. The number of carbonyl (C=O) groups is 2. The van der Waals surface area contributed by atoms with Crippen molar-refractivity contribution >= 4 is 27.7 Å². The lowest BCUT2D eigenvalue weighted by Gasteiger charge is -2.30. The van der Waals surface area contributed by atoms with E-state index in [1.165, 1.54) is 11.3 Å². The molecule has 1 spiro atoms. The number of rotatable bonds is 3. The Labute approximate surface area is 111 Å². The molecule has 1 atom stereocenters. The molecule has 1 aliphatic carbocycles. The summed E-state index contributed by atoms with van der Waals surface area (Å²) in [5.41, 5.74) is -0.324. The Morgan fingerprint density at radius 1 is 1.29 bits per heavy atom. The van der Waals surface area contributed by atoms with Crippen molar-refractivity contribution in [1.29, 1.82) is 0 Å². The van der Waals surface area contributed by atoms with E-state index in [9.17, 15) is 9.59 Å². The molecule has 0 bridgehead atoms. The van der Waals surface area contributed by atoms with Gasteiger partial charge >= 0.3 is 0 Å². The molecule has 0 aromatic heterocycles. The Morgan fingerprint density at radius 3 is 2.53 bits per heavy atom. The molecule has 17 heavy (non-hydrogen) atoms. The smallest absolute Gasteiger partial charge is 0.235 e. The summed E-state index contributed by atoms with van der Waals surface area (Å²) in [6, 6.07) is 0. The zero-order valence-corrected chi connectivity index (χ0v) is 12.0. The molecule has 96 valence electrons. The lowest BCUT2D eigenvalue weighted by atomic mass is 9.73. The van der Waals surface area contributed by atoms with Crippen LogP contribution in [0.4, 0.5) is 0 Å². The van der Waals surface area contributed by atoms with Crippen molar-refractivity contribution in [2.24, 2.45) is 5.41 Å². The summed E-state index contributed by atoms with van der Waals surface area (Å²) in [5, 5.41) is 0. The highest BCUT2D eigenvalue weighted by atomic mass is 79.9. The van der Waals surface area contributed by atoms with Crippen molar-refractivity contribution in [3.8, 4) is 0 Å². The Morgan fingerprint density at radius 2 is 1.94 bits per heavy atom. The van der Waals surface area contributed by atoms with Crippen molar-refractivity contribution in [3.63, 3.8) is 0 Å². The Bertz CT molecular complexity index is 323. The first-order chi connectivity index (χ1) is 8.09.